The van der Waals surface area contributed by atoms with Crippen molar-refractivity contribution in [3.05, 3.63) is 24.3 Å². The SMILES string of the molecule is CCNC1CCN(c2cccc(OC)c2)CC1. The molecular formula is C14H22N2O. The second kappa shape index (κ2) is 5.92. The maximum absolute atomic E-state index is 5.27. The van der Waals surface area contributed by atoms with Gasteiger partial charge in [-0.2, -0.15) is 0 Å². The van der Waals surface area contributed by atoms with E-state index < -0.39 is 0 Å². The Morgan fingerprint density at radius 1 is 1.35 bits per heavy atom. The van der Waals surface area contributed by atoms with E-state index in [4.69, 9.17) is 4.74 Å². The molecule has 0 spiro atoms. The first-order valence-electron chi connectivity index (χ1n) is 6.46. The summed E-state index contributed by atoms with van der Waals surface area (Å²) in [5, 5.41) is 3.53. The third kappa shape index (κ3) is 3.13. The first kappa shape index (κ1) is 12.2. The van der Waals surface area contributed by atoms with Crippen molar-refractivity contribution in [2.45, 2.75) is 25.8 Å². The topological polar surface area (TPSA) is 24.5 Å². The first-order chi connectivity index (χ1) is 8.33. The van der Waals surface area contributed by atoms with E-state index >= 15 is 0 Å². The van der Waals surface area contributed by atoms with Gasteiger partial charge in [-0.25, -0.2) is 0 Å². The quantitative estimate of drug-likeness (QED) is 0.865. The predicted octanol–water partition coefficient (Wildman–Crippen LogP) is 2.27. The van der Waals surface area contributed by atoms with Crippen molar-refractivity contribution in [3.63, 3.8) is 0 Å². The lowest BCUT2D eigenvalue weighted by molar-refractivity contribution is 0.412. The van der Waals surface area contributed by atoms with Crippen LogP contribution in [0.5, 0.6) is 5.75 Å². The van der Waals surface area contributed by atoms with Crippen LogP contribution in [0.15, 0.2) is 24.3 Å². The minimum absolute atomic E-state index is 0.696. The van der Waals surface area contributed by atoms with Crippen molar-refractivity contribution < 1.29 is 4.74 Å². The summed E-state index contributed by atoms with van der Waals surface area (Å²) < 4.78 is 5.27. The summed E-state index contributed by atoms with van der Waals surface area (Å²) in [5.41, 5.74) is 1.28. The largest absolute Gasteiger partial charge is 0.497 e. The van der Waals surface area contributed by atoms with Gasteiger partial charge in [-0.1, -0.05) is 13.0 Å². The summed E-state index contributed by atoms with van der Waals surface area (Å²) in [4.78, 5) is 2.44. The zero-order chi connectivity index (χ0) is 12.1. The summed E-state index contributed by atoms with van der Waals surface area (Å²) in [6, 6.07) is 9.03. The van der Waals surface area contributed by atoms with Gasteiger partial charge in [-0.15, -0.1) is 0 Å². The summed E-state index contributed by atoms with van der Waals surface area (Å²) in [6.07, 6.45) is 2.45. The maximum Gasteiger partial charge on any atom is 0.120 e. The van der Waals surface area contributed by atoms with Crippen LogP contribution < -0.4 is 15.0 Å². The highest BCUT2D eigenvalue weighted by molar-refractivity contribution is 5.51. The molecule has 1 aliphatic rings. The summed E-state index contributed by atoms with van der Waals surface area (Å²) in [7, 11) is 1.72. The molecule has 1 saturated heterocycles. The number of hydrogen-bond donors (Lipinski definition) is 1. The van der Waals surface area contributed by atoms with E-state index in [1.165, 1.54) is 18.5 Å². The maximum atomic E-state index is 5.27. The molecule has 1 aliphatic heterocycles. The minimum atomic E-state index is 0.696. The second-order valence-electron chi connectivity index (χ2n) is 4.52. The Morgan fingerprint density at radius 2 is 2.12 bits per heavy atom. The molecule has 1 heterocycles. The molecule has 0 aromatic heterocycles. The Bertz CT molecular complexity index is 346. The van der Waals surface area contributed by atoms with Crippen molar-refractivity contribution in [2.24, 2.45) is 0 Å². The lowest BCUT2D eigenvalue weighted by atomic mass is 10.0. The number of piperidine rings is 1. The Kier molecular flexibility index (Phi) is 4.26. The lowest BCUT2D eigenvalue weighted by Crippen LogP contribution is -2.42. The fourth-order valence-corrected chi connectivity index (χ4v) is 2.44. The van der Waals surface area contributed by atoms with E-state index in [9.17, 15) is 0 Å². The van der Waals surface area contributed by atoms with E-state index in [1.807, 2.05) is 6.07 Å². The van der Waals surface area contributed by atoms with Gasteiger partial charge in [0.15, 0.2) is 0 Å². The molecule has 0 radical (unpaired) electrons. The summed E-state index contributed by atoms with van der Waals surface area (Å²) in [6.45, 7) is 5.51. The van der Waals surface area contributed by atoms with Crippen LogP contribution in [0.4, 0.5) is 5.69 Å². The van der Waals surface area contributed by atoms with Crippen molar-refractivity contribution in [3.8, 4) is 5.75 Å². The highest BCUT2D eigenvalue weighted by atomic mass is 16.5. The molecule has 94 valence electrons. The minimum Gasteiger partial charge on any atom is -0.497 e. The number of rotatable bonds is 4. The van der Waals surface area contributed by atoms with Crippen molar-refractivity contribution >= 4 is 5.69 Å². The van der Waals surface area contributed by atoms with Crippen LogP contribution in [0.25, 0.3) is 0 Å². The number of nitrogens with zero attached hydrogens (tertiary/aromatic N) is 1. The molecule has 0 amide bonds. The molecule has 3 heteroatoms. The molecular weight excluding hydrogens is 212 g/mol. The molecule has 2 rings (SSSR count). The van der Waals surface area contributed by atoms with Gasteiger partial charge < -0.3 is 15.0 Å². The summed E-state index contributed by atoms with van der Waals surface area (Å²) in [5.74, 6) is 0.941. The monoisotopic (exact) mass is 234 g/mol. The third-order valence-corrected chi connectivity index (χ3v) is 3.41. The number of anilines is 1. The van der Waals surface area contributed by atoms with Gasteiger partial charge >= 0.3 is 0 Å². The van der Waals surface area contributed by atoms with Gasteiger partial charge in [0, 0.05) is 30.9 Å². The van der Waals surface area contributed by atoms with E-state index in [2.05, 4.69) is 35.3 Å². The molecule has 0 unspecified atom stereocenters. The van der Waals surface area contributed by atoms with Crippen LogP contribution in [0.3, 0.4) is 0 Å². The average molecular weight is 234 g/mol. The van der Waals surface area contributed by atoms with Crippen LogP contribution in [0, 0.1) is 0 Å². The summed E-state index contributed by atoms with van der Waals surface area (Å²) >= 11 is 0. The van der Waals surface area contributed by atoms with Gasteiger partial charge in [-0.3, -0.25) is 0 Å². The molecule has 1 aromatic carbocycles. The van der Waals surface area contributed by atoms with Crippen molar-refractivity contribution in [1.29, 1.82) is 0 Å². The van der Waals surface area contributed by atoms with Crippen LogP contribution in [0.2, 0.25) is 0 Å². The molecule has 0 aliphatic carbocycles. The zero-order valence-electron chi connectivity index (χ0n) is 10.8. The third-order valence-electron chi connectivity index (χ3n) is 3.41. The zero-order valence-corrected chi connectivity index (χ0v) is 10.8. The molecule has 1 N–H and O–H groups in total. The predicted molar refractivity (Wildman–Crippen MR) is 71.9 cm³/mol. The number of nitrogens with one attached hydrogen (secondary N) is 1. The van der Waals surface area contributed by atoms with Crippen molar-refractivity contribution in [2.75, 3.05) is 31.6 Å². The second-order valence-corrected chi connectivity index (χ2v) is 4.52. The lowest BCUT2D eigenvalue weighted by Gasteiger charge is -2.34. The number of ether oxygens (including phenoxy) is 1. The molecule has 0 atom stereocenters. The number of methoxy groups -OCH3 is 1. The Hall–Kier alpha value is -1.22. The average Bonchev–Trinajstić information content (AvgIpc) is 2.40. The smallest absolute Gasteiger partial charge is 0.120 e. The van der Waals surface area contributed by atoms with Gasteiger partial charge in [-0.05, 0) is 31.5 Å². The fraction of sp³-hybridized carbons (Fsp3) is 0.571. The van der Waals surface area contributed by atoms with Crippen LogP contribution in [-0.4, -0.2) is 32.8 Å². The van der Waals surface area contributed by atoms with Crippen LogP contribution in [-0.2, 0) is 0 Å². The van der Waals surface area contributed by atoms with Gasteiger partial charge in [0.1, 0.15) is 5.75 Å². The van der Waals surface area contributed by atoms with E-state index in [-0.39, 0.29) is 0 Å². The van der Waals surface area contributed by atoms with E-state index in [0.29, 0.717) is 6.04 Å². The van der Waals surface area contributed by atoms with Crippen molar-refractivity contribution in [1.82, 2.24) is 5.32 Å². The van der Waals surface area contributed by atoms with E-state index in [1.54, 1.807) is 7.11 Å². The molecule has 17 heavy (non-hydrogen) atoms. The highest BCUT2D eigenvalue weighted by Crippen LogP contribution is 2.24. The van der Waals surface area contributed by atoms with Crippen LogP contribution in [0.1, 0.15) is 19.8 Å². The number of hydrogen-bond acceptors (Lipinski definition) is 3. The molecule has 0 saturated carbocycles. The van der Waals surface area contributed by atoms with Gasteiger partial charge in [0.25, 0.3) is 0 Å². The van der Waals surface area contributed by atoms with E-state index in [0.717, 1.165) is 25.4 Å². The fourth-order valence-electron chi connectivity index (χ4n) is 2.44. The molecule has 3 nitrogen and oxygen atoms in total. The Morgan fingerprint density at radius 3 is 2.76 bits per heavy atom. The van der Waals surface area contributed by atoms with Gasteiger partial charge in [0.2, 0.25) is 0 Å². The number of benzene rings is 1. The Balaban J connectivity index is 1.95. The molecule has 1 fully saturated rings. The van der Waals surface area contributed by atoms with Crippen LogP contribution >= 0.6 is 0 Å². The molecule has 1 aromatic rings. The standard InChI is InChI=1S/C14H22N2O/c1-3-15-12-7-9-16(10-8-12)13-5-4-6-14(11-13)17-2/h4-6,11-12,15H,3,7-10H2,1-2H3. The highest BCUT2D eigenvalue weighted by Gasteiger charge is 2.18. The Labute approximate surface area is 104 Å². The molecule has 0 bridgehead atoms. The van der Waals surface area contributed by atoms with Gasteiger partial charge in [0.05, 0.1) is 7.11 Å². The first-order valence-corrected chi connectivity index (χ1v) is 6.46. The normalized spacial score (nSPS) is 17.2.